The summed E-state index contributed by atoms with van der Waals surface area (Å²) in [5.41, 5.74) is 0.814. The second-order valence-corrected chi connectivity index (χ2v) is 3.72. The highest BCUT2D eigenvalue weighted by Crippen LogP contribution is 2.12. The zero-order valence-corrected chi connectivity index (χ0v) is 10.7. The number of amides is 1. The smallest absolute Gasteiger partial charge is 0.253 e. The summed E-state index contributed by atoms with van der Waals surface area (Å²) in [7, 11) is 0. The highest BCUT2D eigenvalue weighted by Gasteiger charge is 2.17. The minimum Gasteiger partial charge on any atom is -0.339 e. The van der Waals surface area contributed by atoms with Crippen molar-refractivity contribution < 1.29 is 4.79 Å². The van der Waals surface area contributed by atoms with Crippen LogP contribution in [0.15, 0.2) is 30.3 Å². The van der Waals surface area contributed by atoms with Gasteiger partial charge in [0.15, 0.2) is 0 Å². The highest BCUT2D eigenvalue weighted by molar-refractivity contribution is 5.94. The Balaban J connectivity index is 0.00000112. The molecule has 1 aliphatic heterocycles. The maximum atomic E-state index is 11.9. The average molecular weight is 262 g/mol. The van der Waals surface area contributed by atoms with E-state index in [9.17, 15) is 4.79 Å². The minimum absolute atomic E-state index is 0. The predicted molar refractivity (Wildman–Crippen MR) is 70.7 cm³/mol. The number of carbonyl (C=O) groups is 1. The predicted octanol–water partition coefficient (Wildman–Crippen LogP) is 3.16. The first-order chi connectivity index (χ1) is 6.88. The fourth-order valence-corrected chi connectivity index (χ4v) is 1.86. The first-order valence-corrected chi connectivity index (χ1v) is 5.22. The Labute approximate surface area is 109 Å². The van der Waals surface area contributed by atoms with Gasteiger partial charge in [-0.2, -0.15) is 0 Å². The van der Waals surface area contributed by atoms with Crippen molar-refractivity contribution in [2.45, 2.75) is 19.3 Å². The third-order valence-electron chi connectivity index (χ3n) is 2.66. The molecule has 4 heteroatoms. The Morgan fingerprint density at radius 2 is 1.50 bits per heavy atom. The van der Waals surface area contributed by atoms with E-state index in [4.69, 9.17) is 0 Å². The van der Waals surface area contributed by atoms with Crippen molar-refractivity contribution in [3.63, 3.8) is 0 Å². The molecule has 0 N–H and O–H groups in total. The first-order valence-electron chi connectivity index (χ1n) is 5.22. The monoisotopic (exact) mass is 261 g/mol. The molecule has 2 nitrogen and oxygen atoms in total. The van der Waals surface area contributed by atoms with Crippen molar-refractivity contribution in [2.24, 2.45) is 0 Å². The van der Waals surface area contributed by atoms with Crippen molar-refractivity contribution in [1.29, 1.82) is 0 Å². The van der Waals surface area contributed by atoms with E-state index in [1.807, 2.05) is 35.2 Å². The number of benzene rings is 1. The van der Waals surface area contributed by atoms with Crippen LogP contribution in [0.1, 0.15) is 29.6 Å². The molecule has 0 atom stereocenters. The van der Waals surface area contributed by atoms with Crippen LogP contribution in [0.3, 0.4) is 0 Å². The lowest BCUT2D eigenvalue weighted by Gasteiger charge is -2.26. The van der Waals surface area contributed by atoms with Crippen molar-refractivity contribution in [3.05, 3.63) is 35.9 Å². The molecule has 0 bridgehead atoms. The van der Waals surface area contributed by atoms with Gasteiger partial charge in [-0.05, 0) is 31.4 Å². The quantitative estimate of drug-likeness (QED) is 0.761. The zero-order valence-electron chi connectivity index (χ0n) is 9.09. The Morgan fingerprint density at radius 1 is 0.938 bits per heavy atom. The van der Waals surface area contributed by atoms with Crippen LogP contribution in [0.25, 0.3) is 0 Å². The van der Waals surface area contributed by atoms with Gasteiger partial charge in [0.2, 0.25) is 0 Å². The molecule has 1 aromatic carbocycles. The molecule has 0 radical (unpaired) electrons. The molecule has 1 fully saturated rings. The molecule has 0 spiro atoms. The van der Waals surface area contributed by atoms with E-state index in [0.717, 1.165) is 31.5 Å². The van der Waals surface area contributed by atoms with Gasteiger partial charge in [0.05, 0.1) is 0 Å². The van der Waals surface area contributed by atoms with E-state index in [0.29, 0.717) is 0 Å². The molecule has 1 aliphatic rings. The van der Waals surface area contributed by atoms with Gasteiger partial charge in [0.25, 0.3) is 5.91 Å². The van der Waals surface area contributed by atoms with Crippen LogP contribution in [0.2, 0.25) is 0 Å². The Bertz CT molecular complexity index is 310. The third-order valence-corrected chi connectivity index (χ3v) is 2.66. The van der Waals surface area contributed by atoms with E-state index < -0.39 is 0 Å². The molecule has 0 unspecified atom stereocenters. The van der Waals surface area contributed by atoms with E-state index in [2.05, 4.69) is 0 Å². The topological polar surface area (TPSA) is 20.3 Å². The molecule has 0 aliphatic carbocycles. The van der Waals surface area contributed by atoms with Crippen molar-refractivity contribution in [2.75, 3.05) is 13.1 Å². The standard InChI is InChI=1S/C12H15NO.2ClH/c14-12(11-7-3-1-4-8-11)13-9-5-2-6-10-13;;/h1,3-4,7-8H,2,5-6,9-10H2;2*1H. The van der Waals surface area contributed by atoms with E-state index in [-0.39, 0.29) is 30.7 Å². The van der Waals surface area contributed by atoms with Gasteiger partial charge in [-0.15, -0.1) is 24.8 Å². The van der Waals surface area contributed by atoms with Crippen molar-refractivity contribution in [1.82, 2.24) is 4.90 Å². The molecule has 1 aromatic rings. The minimum atomic E-state index is 0. The van der Waals surface area contributed by atoms with Gasteiger partial charge in [-0.25, -0.2) is 0 Å². The fourth-order valence-electron chi connectivity index (χ4n) is 1.86. The molecule has 16 heavy (non-hydrogen) atoms. The van der Waals surface area contributed by atoms with Crippen molar-refractivity contribution >= 4 is 30.7 Å². The van der Waals surface area contributed by atoms with Crippen LogP contribution in [-0.4, -0.2) is 23.9 Å². The lowest BCUT2D eigenvalue weighted by atomic mass is 10.1. The summed E-state index contributed by atoms with van der Waals surface area (Å²) < 4.78 is 0. The summed E-state index contributed by atoms with van der Waals surface area (Å²) in [6.07, 6.45) is 3.57. The lowest BCUT2D eigenvalue weighted by molar-refractivity contribution is 0.0724. The number of halogens is 2. The summed E-state index contributed by atoms with van der Waals surface area (Å²) >= 11 is 0. The average Bonchev–Trinajstić information content (AvgIpc) is 2.30. The second-order valence-electron chi connectivity index (χ2n) is 3.72. The molecular weight excluding hydrogens is 245 g/mol. The number of rotatable bonds is 1. The molecule has 0 saturated carbocycles. The van der Waals surface area contributed by atoms with Gasteiger partial charge in [0.1, 0.15) is 0 Å². The third kappa shape index (κ3) is 3.69. The lowest BCUT2D eigenvalue weighted by Crippen LogP contribution is -2.35. The van der Waals surface area contributed by atoms with Crippen molar-refractivity contribution in [3.8, 4) is 0 Å². The summed E-state index contributed by atoms with van der Waals surface area (Å²) in [4.78, 5) is 13.9. The second kappa shape index (κ2) is 7.53. The molecule has 0 aromatic heterocycles. The summed E-state index contributed by atoms with van der Waals surface area (Å²) in [5, 5.41) is 0. The first kappa shape index (κ1) is 15.3. The van der Waals surface area contributed by atoms with E-state index >= 15 is 0 Å². The number of nitrogens with zero attached hydrogens (tertiary/aromatic N) is 1. The van der Waals surface area contributed by atoms with Crippen LogP contribution in [-0.2, 0) is 0 Å². The SMILES string of the molecule is Cl.Cl.O=C(c1ccccc1)N1CCCCC1. The molecular formula is C12H17Cl2NO. The largest absolute Gasteiger partial charge is 0.339 e. The van der Waals surface area contributed by atoms with E-state index in [1.165, 1.54) is 6.42 Å². The maximum Gasteiger partial charge on any atom is 0.253 e. The number of piperidine rings is 1. The van der Waals surface area contributed by atoms with Crippen LogP contribution in [0.5, 0.6) is 0 Å². The summed E-state index contributed by atoms with van der Waals surface area (Å²) in [5.74, 6) is 0.185. The number of carbonyl (C=O) groups excluding carboxylic acids is 1. The van der Waals surface area contributed by atoms with Crippen LogP contribution >= 0.6 is 24.8 Å². The van der Waals surface area contributed by atoms with Crippen LogP contribution in [0.4, 0.5) is 0 Å². The summed E-state index contributed by atoms with van der Waals surface area (Å²) in [6, 6.07) is 9.54. The maximum absolute atomic E-state index is 11.9. The number of hydrogen-bond acceptors (Lipinski definition) is 1. The molecule has 1 saturated heterocycles. The van der Waals surface area contributed by atoms with Crippen LogP contribution in [0, 0.1) is 0 Å². The number of likely N-dealkylation sites (tertiary alicyclic amines) is 1. The zero-order chi connectivity index (χ0) is 9.80. The molecule has 1 amide bonds. The van der Waals surface area contributed by atoms with Crippen LogP contribution < -0.4 is 0 Å². The highest BCUT2D eigenvalue weighted by atomic mass is 35.5. The summed E-state index contributed by atoms with van der Waals surface area (Å²) in [6.45, 7) is 1.85. The van der Waals surface area contributed by atoms with Gasteiger partial charge in [-0.3, -0.25) is 4.79 Å². The van der Waals surface area contributed by atoms with Gasteiger partial charge >= 0.3 is 0 Å². The van der Waals surface area contributed by atoms with E-state index in [1.54, 1.807) is 0 Å². The Morgan fingerprint density at radius 3 is 2.06 bits per heavy atom. The molecule has 1 heterocycles. The fraction of sp³-hybridized carbons (Fsp3) is 0.417. The normalized spacial score (nSPS) is 14.6. The Hall–Kier alpha value is -0.730. The molecule has 90 valence electrons. The molecule has 2 rings (SSSR count). The Kier molecular flexibility index (Phi) is 7.18. The number of hydrogen-bond donors (Lipinski definition) is 0. The van der Waals surface area contributed by atoms with Gasteiger partial charge in [-0.1, -0.05) is 18.2 Å². The van der Waals surface area contributed by atoms with Gasteiger partial charge in [0, 0.05) is 18.7 Å². The van der Waals surface area contributed by atoms with Gasteiger partial charge < -0.3 is 4.90 Å².